The van der Waals surface area contributed by atoms with Gasteiger partial charge < -0.3 is 9.88 Å². The molecule has 2 aliphatic heterocycles. The van der Waals surface area contributed by atoms with Gasteiger partial charge in [-0.15, -0.1) is 11.8 Å². The molecule has 4 rings (SSSR count). The highest BCUT2D eigenvalue weighted by molar-refractivity contribution is 8.00. The van der Waals surface area contributed by atoms with Crippen molar-refractivity contribution in [3.63, 3.8) is 0 Å². The van der Waals surface area contributed by atoms with Crippen molar-refractivity contribution in [1.82, 2.24) is 24.8 Å². The van der Waals surface area contributed by atoms with Crippen molar-refractivity contribution in [2.24, 2.45) is 0 Å². The maximum Gasteiger partial charge on any atom is 0.232 e. The van der Waals surface area contributed by atoms with Gasteiger partial charge >= 0.3 is 0 Å². The molecule has 0 bridgehead atoms. The van der Waals surface area contributed by atoms with E-state index in [0.29, 0.717) is 5.75 Å². The molecule has 1 fully saturated rings. The van der Waals surface area contributed by atoms with E-state index in [9.17, 15) is 4.79 Å². The van der Waals surface area contributed by atoms with Crippen molar-refractivity contribution in [1.29, 1.82) is 0 Å². The van der Waals surface area contributed by atoms with Crippen molar-refractivity contribution >= 4 is 17.7 Å². The number of likely N-dealkylation sites (tertiary alicyclic amines) is 1. The predicted octanol–water partition coefficient (Wildman–Crippen LogP) is 2.29. The second-order valence-electron chi connectivity index (χ2n) is 6.94. The number of rotatable bonds is 4. The van der Waals surface area contributed by atoms with E-state index in [0.717, 1.165) is 50.3 Å². The van der Waals surface area contributed by atoms with Gasteiger partial charge in [0.05, 0.1) is 23.3 Å². The van der Waals surface area contributed by atoms with E-state index in [1.165, 1.54) is 11.4 Å². The maximum absolute atomic E-state index is 12.6. The van der Waals surface area contributed by atoms with Crippen LogP contribution < -0.4 is 0 Å². The number of thioether (sulfide) groups is 1. The first kappa shape index (κ1) is 17.5. The Morgan fingerprint density at radius 1 is 1.27 bits per heavy atom. The van der Waals surface area contributed by atoms with Gasteiger partial charge in [-0.05, 0) is 31.5 Å². The van der Waals surface area contributed by atoms with Crippen molar-refractivity contribution < 1.29 is 4.79 Å². The number of carbonyl (C=O) groups excluding carboxylic acids is 1. The maximum atomic E-state index is 12.6. The van der Waals surface area contributed by atoms with E-state index in [-0.39, 0.29) is 11.4 Å². The predicted molar refractivity (Wildman–Crippen MR) is 102 cm³/mol. The molecule has 7 heteroatoms. The summed E-state index contributed by atoms with van der Waals surface area (Å²) in [6.45, 7) is 5.93. The summed E-state index contributed by atoms with van der Waals surface area (Å²) in [7, 11) is 0. The number of aromatic nitrogens is 3. The van der Waals surface area contributed by atoms with Crippen LogP contribution in [0.4, 0.5) is 0 Å². The van der Waals surface area contributed by atoms with Gasteiger partial charge in [-0.1, -0.05) is 6.92 Å². The number of likely N-dealkylation sites (N-methyl/N-ethyl adjacent to an activating group) is 1. The number of hydrogen-bond acceptors (Lipinski definition) is 5. The molecule has 0 aliphatic carbocycles. The Bertz CT molecular complexity index is 754. The second kappa shape index (κ2) is 7.40. The Morgan fingerprint density at radius 2 is 2.04 bits per heavy atom. The van der Waals surface area contributed by atoms with Gasteiger partial charge in [0, 0.05) is 49.0 Å². The summed E-state index contributed by atoms with van der Waals surface area (Å²) >= 11 is 1.59. The van der Waals surface area contributed by atoms with Crippen LogP contribution in [0.2, 0.25) is 0 Å². The molecule has 1 saturated heterocycles. The number of nitrogens with one attached hydrogen (secondary N) is 1. The van der Waals surface area contributed by atoms with Crippen LogP contribution in [0.1, 0.15) is 31.2 Å². The first-order chi connectivity index (χ1) is 12.7. The SMILES string of the molecule is CCN1CCc2[nH]cnc2C12CCN(C(=O)CSc1ccncc1)CC2. The molecule has 1 N–H and O–H groups in total. The second-order valence-corrected chi connectivity index (χ2v) is 7.99. The lowest BCUT2D eigenvalue weighted by Crippen LogP contribution is -2.57. The third-order valence-corrected chi connectivity index (χ3v) is 6.73. The number of nitrogens with zero attached hydrogens (tertiary/aromatic N) is 4. The first-order valence-electron chi connectivity index (χ1n) is 9.31. The van der Waals surface area contributed by atoms with Gasteiger partial charge in [-0.25, -0.2) is 4.98 Å². The number of fused-ring (bicyclic) bond motifs is 2. The van der Waals surface area contributed by atoms with Gasteiger partial charge in [0.25, 0.3) is 0 Å². The van der Waals surface area contributed by atoms with Crippen LogP contribution in [-0.2, 0) is 16.8 Å². The van der Waals surface area contributed by atoms with Crippen LogP contribution in [0.15, 0.2) is 35.7 Å². The van der Waals surface area contributed by atoms with E-state index >= 15 is 0 Å². The molecular weight excluding hydrogens is 346 g/mol. The number of imidazole rings is 1. The fourth-order valence-electron chi connectivity index (χ4n) is 4.33. The normalized spacial score (nSPS) is 19.5. The zero-order chi connectivity index (χ0) is 18.0. The first-order valence-corrected chi connectivity index (χ1v) is 10.3. The number of carbonyl (C=O) groups is 1. The van der Waals surface area contributed by atoms with Crippen LogP contribution in [0.5, 0.6) is 0 Å². The van der Waals surface area contributed by atoms with Gasteiger partial charge in [-0.3, -0.25) is 14.7 Å². The Hall–Kier alpha value is -1.86. The Balaban J connectivity index is 1.41. The van der Waals surface area contributed by atoms with Gasteiger partial charge in [0.1, 0.15) is 0 Å². The molecule has 2 aromatic heterocycles. The molecule has 0 atom stereocenters. The zero-order valence-corrected chi connectivity index (χ0v) is 16.0. The molecule has 6 nitrogen and oxygen atoms in total. The molecule has 2 aromatic rings. The molecule has 138 valence electrons. The third kappa shape index (κ3) is 3.14. The van der Waals surface area contributed by atoms with Crippen molar-refractivity contribution in [2.75, 3.05) is 31.9 Å². The molecule has 0 unspecified atom stereocenters. The van der Waals surface area contributed by atoms with E-state index < -0.39 is 0 Å². The summed E-state index contributed by atoms with van der Waals surface area (Å²) in [6, 6.07) is 3.90. The summed E-state index contributed by atoms with van der Waals surface area (Å²) in [5.74, 6) is 0.713. The largest absolute Gasteiger partial charge is 0.348 e. The highest BCUT2D eigenvalue weighted by Crippen LogP contribution is 2.42. The number of piperidine rings is 1. The quantitative estimate of drug-likeness (QED) is 0.836. The summed E-state index contributed by atoms with van der Waals surface area (Å²) in [4.78, 5) is 30.3. The summed E-state index contributed by atoms with van der Waals surface area (Å²) in [5.41, 5.74) is 2.49. The standard InChI is InChI=1S/C19H25N5OS/c1-2-24-10-5-16-18(22-14-21-16)19(24)6-11-23(12-7-19)17(25)13-26-15-3-8-20-9-4-15/h3-4,8-9,14H,2,5-7,10-13H2,1H3,(H,21,22). The highest BCUT2D eigenvalue weighted by atomic mass is 32.2. The lowest BCUT2D eigenvalue weighted by atomic mass is 9.78. The topological polar surface area (TPSA) is 65.1 Å². The van der Waals surface area contributed by atoms with Gasteiger partial charge in [0.2, 0.25) is 5.91 Å². The van der Waals surface area contributed by atoms with Crippen LogP contribution in [0.3, 0.4) is 0 Å². The number of amides is 1. The highest BCUT2D eigenvalue weighted by Gasteiger charge is 2.46. The Morgan fingerprint density at radius 3 is 2.77 bits per heavy atom. The fraction of sp³-hybridized carbons (Fsp3) is 0.526. The molecule has 0 radical (unpaired) electrons. The van der Waals surface area contributed by atoms with Gasteiger partial charge in [0.15, 0.2) is 0 Å². The smallest absolute Gasteiger partial charge is 0.232 e. The molecular formula is C19H25N5OS. The number of H-pyrrole nitrogens is 1. The van der Waals surface area contributed by atoms with Crippen LogP contribution >= 0.6 is 11.8 Å². The van der Waals surface area contributed by atoms with E-state index in [2.05, 4.69) is 26.8 Å². The molecule has 26 heavy (non-hydrogen) atoms. The molecule has 4 heterocycles. The minimum Gasteiger partial charge on any atom is -0.348 e. The van der Waals surface area contributed by atoms with Crippen LogP contribution in [0.25, 0.3) is 0 Å². The average Bonchev–Trinajstić information content (AvgIpc) is 3.18. The van der Waals surface area contributed by atoms with Crippen LogP contribution in [0, 0.1) is 0 Å². The van der Waals surface area contributed by atoms with Crippen LogP contribution in [-0.4, -0.2) is 62.6 Å². The van der Waals surface area contributed by atoms with E-state index in [1.807, 2.05) is 23.4 Å². The van der Waals surface area contributed by atoms with Crippen molar-refractivity contribution in [2.45, 2.75) is 36.6 Å². The Labute approximate surface area is 158 Å². The minimum atomic E-state index is -0.00262. The van der Waals surface area contributed by atoms with E-state index in [1.54, 1.807) is 24.2 Å². The lowest BCUT2D eigenvalue weighted by Gasteiger charge is -2.50. The average molecular weight is 372 g/mol. The monoisotopic (exact) mass is 371 g/mol. The van der Waals surface area contributed by atoms with Crippen molar-refractivity contribution in [3.05, 3.63) is 42.2 Å². The molecule has 1 spiro atoms. The van der Waals surface area contributed by atoms with E-state index in [4.69, 9.17) is 0 Å². The summed E-state index contributed by atoms with van der Waals surface area (Å²) in [6.07, 6.45) is 8.32. The fourth-order valence-corrected chi connectivity index (χ4v) is 5.12. The molecule has 0 aromatic carbocycles. The summed E-state index contributed by atoms with van der Waals surface area (Å²) in [5, 5.41) is 0. The minimum absolute atomic E-state index is 0.00262. The van der Waals surface area contributed by atoms with Gasteiger partial charge in [-0.2, -0.15) is 0 Å². The summed E-state index contributed by atoms with van der Waals surface area (Å²) < 4.78 is 0. The zero-order valence-electron chi connectivity index (χ0n) is 15.1. The lowest BCUT2D eigenvalue weighted by molar-refractivity contribution is -0.131. The van der Waals surface area contributed by atoms with Crippen molar-refractivity contribution in [3.8, 4) is 0 Å². The molecule has 0 saturated carbocycles. The Kier molecular flexibility index (Phi) is 5.00. The molecule has 1 amide bonds. The number of hydrogen-bond donors (Lipinski definition) is 1. The molecule has 2 aliphatic rings. The third-order valence-electron chi connectivity index (χ3n) is 5.73. The number of pyridine rings is 1. The number of aromatic amines is 1.